The van der Waals surface area contributed by atoms with Crippen molar-refractivity contribution in [3.05, 3.63) is 71.8 Å². The predicted octanol–water partition coefficient (Wildman–Crippen LogP) is 2.40. The lowest BCUT2D eigenvalue weighted by atomic mass is 10.1. The molecule has 1 saturated heterocycles. The summed E-state index contributed by atoms with van der Waals surface area (Å²) in [5.41, 5.74) is 2.51. The maximum Gasteiger partial charge on any atom is 0.449 e. The predicted molar refractivity (Wildman–Crippen MR) is 153 cm³/mol. The number of anilines is 1. The molecular weight excluding hydrogens is 567 g/mol. The van der Waals surface area contributed by atoms with E-state index in [1.165, 1.54) is 11.0 Å². The van der Waals surface area contributed by atoms with Crippen molar-refractivity contribution in [1.29, 1.82) is 10.8 Å². The van der Waals surface area contributed by atoms with Crippen LogP contribution in [0.2, 0.25) is 0 Å². The molecule has 12 nitrogen and oxygen atoms in total. The van der Waals surface area contributed by atoms with Crippen LogP contribution in [0.4, 0.5) is 18.9 Å². The zero-order valence-corrected chi connectivity index (χ0v) is 23.6. The van der Waals surface area contributed by atoms with E-state index in [0.29, 0.717) is 35.7 Å². The van der Waals surface area contributed by atoms with Crippen LogP contribution in [0.15, 0.2) is 54.9 Å². The highest BCUT2D eigenvalue weighted by molar-refractivity contribution is 6.01. The Kier molecular flexibility index (Phi) is 9.75. The number of alkyl halides is 3. The van der Waals surface area contributed by atoms with Crippen molar-refractivity contribution in [2.45, 2.75) is 25.3 Å². The monoisotopic (exact) mass is 599 g/mol. The summed E-state index contributed by atoms with van der Waals surface area (Å²) in [5, 5.41) is 22.1. The number of ether oxygens (including phenoxy) is 1. The van der Waals surface area contributed by atoms with Crippen molar-refractivity contribution < 1.29 is 27.5 Å². The van der Waals surface area contributed by atoms with Crippen LogP contribution in [0.1, 0.15) is 21.7 Å². The topological polar surface area (TPSA) is 144 Å². The molecule has 0 aliphatic carbocycles. The van der Waals surface area contributed by atoms with E-state index in [0.717, 1.165) is 11.1 Å². The number of nitrogens with one attached hydrogen (secondary N) is 3. The number of carbonyl (C=O) groups excluding carboxylic acids is 2. The molecule has 0 spiro atoms. The van der Waals surface area contributed by atoms with Crippen LogP contribution in [0, 0.1) is 10.8 Å². The number of benzene rings is 2. The van der Waals surface area contributed by atoms with Crippen LogP contribution in [0.5, 0.6) is 5.75 Å². The molecule has 2 heterocycles. The normalized spacial score (nSPS) is 14.7. The first-order valence-electron chi connectivity index (χ1n) is 13.3. The molecule has 0 bridgehead atoms. The Hall–Kier alpha value is -4.79. The second kappa shape index (κ2) is 13.5. The number of amides is 1. The van der Waals surface area contributed by atoms with Gasteiger partial charge in [-0.2, -0.15) is 13.2 Å². The summed E-state index contributed by atoms with van der Waals surface area (Å²) in [6.45, 7) is 0.759. The molecule has 228 valence electrons. The van der Waals surface area contributed by atoms with E-state index < -0.39 is 24.0 Å². The second-order valence-electron chi connectivity index (χ2n) is 10.1. The minimum absolute atomic E-state index is 0.0337. The van der Waals surface area contributed by atoms with E-state index in [1.807, 2.05) is 41.3 Å². The molecule has 1 fully saturated rings. The highest BCUT2D eigenvalue weighted by atomic mass is 19.4. The summed E-state index contributed by atoms with van der Waals surface area (Å²) >= 11 is 0. The van der Waals surface area contributed by atoms with Gasteiger partial charge >= 0.3 is 6.18 Å². The van der Waals surface area contributed by atoms with Crippen molar-refractivity contribution in [2.75, 3.05) is 45.2 Å². The van der Waals surface area contributed by atoms with Crippen LogP contribution >= 0.6 is 0 Å². The SMILES string of the molecule is CN(C)c1cc(CN2CCN(C(=N)C(F)(F)F)C(=N)C2)ccc1OC[C@@H](C=O)NC(=O)c1ncn(Cc2ccccc2)n1. The van der Waals surface area contributed by atoms with Crippen molar-refractivity contribution >= 4 is 29.6 Å². The minimum atomic E-state index is -4.81. The van der Waals surface area contributed by atoms with Crippen LogP contribution < -0.4 is 15.0 Å². The summed E-state index contributed by atoms with van der Waals surface area (Å²) in [5.74, 6) is -2.07. The van der Waals surface area contributed by atoms with Crippen molar-refractivity contribution in [2.24, 2.45) is 0 Å². The quantitative estimate of drug-likeness (QED) is 0.173. The molecule has 3 aromatic rings. The molecule has 1 aromatic heterocycles. The Balaban J connectivity index is 1.33. The van der Waals surface area contributed by atoms with Gasteiger partial charge in [-0.05, 0) is 23.3 Å². The molecule has 2 aromatic carbocycles. The maximum atomic E-state index is 12.9. The van der Waals surface area contributed by atoms with E-state index in [4.69, 9.17) is 15.6 Å². The molecule has 0 radical (unpaired) electrons. The Morgan fingerprint density at radius 2 is 1.88 bits per heavy atom. The lowest BCUT2D eigenvalue weighted by Gasteiger charge is -2.36. The van der Waals surface area contributed by atoms with Gasteiger partial charge < -0.3 is 24.6 Å². The Morgan fingerprint density at radius 3 is 2.53 bits per heavy atom. The lowest BCUT2D eigenvalue weighted by Crippen LogP contribution is -2.54. The third-order valence-corrected chi connectivity index (χ3v) is 6.61. The molecular formula is C28H32F3N9O3. The Labute approximate surface area is 246 Å². The number of piperazine rings is 1. The Morgan fingerprint density at radius 1 is 1.14 bits per heavy atom. The van der Waals surface area contributed by atoms with E-state index >= 15 is 0 Å². The largest absolute Gasteiger partial charge is 0.489 e. The van der Waals surface area contributed by atoms with Crippen LogP contribution in [0.25, 0.3) is 0 Å². The fourth-order valence-corrected chi connectivity index (χ4v) is 4.45. The van der Waals surface area contributed by atoms with Crippen molar-refractivity contribution in [1.82, 2.24) is 29.9 Å². The summed E-state index contributed by atoms with van der Waals surface area (Å²) < 4.78 is 46.2. The van der Waals surface area contributed by atoms with Crippen LogP contribution in [-0.2, 0) is 17.9 Å². The molecule has 0 saturated carbocycles. The summed E-state index contributed by atoms with van der Waals surface area (Å²) in [4.78, 5) is 32.7. The summed E-state index contributed by atoms with van der Waals surface area (Å²) in [6, 6.07) is 13.9. The fourth-order valence-electron chi connectivity index (χ4n) is 4.45. The van der Waals surface area contributed by atoms with Gasteiger partial charge in [-0.1, -0.05) is 36.4 Å². The van der Waals surface area contributed by atoms with Gasteiger partial charge in [0.2, 0.25) is 11.7 Å². The standard InChI is InChI=1S/C28H32F3N9O3/c1-37(2)22-12-20(13-38-10-11-40(24(32)15-38)27(33)28(29,30)31)8-9-23(22)43-17-21(16-41)35-26(42)25-34-18-39(36-25)14-19-6-4-3-5-7-19/h3-9,12,16,18,21,32-33H,10-11,13-15,17H2,1-2H3,(H,35,42)/t21-/m1/s1. The van der Waals surface area contributed by atoms with E-state index in [-0.39, 0.29) is 37.9 Å². The van der Waals surface area contributed by atoms with Gasteiger partial charge in [0.25, 0.3) is 5.91 Å². The van der Waals surface area contributed by atoms with Crippen LogP contribution in [-0.4, -0.2) is 101 Å². The number of aldehydes is 1. The molecule has 43 heavy (non-hydrogen) atoms. The summed E-state index contributed by atoms with van der Waals surface area (Å²) in [7, 11) is 3.61. The molecule has 1 aliphatic heterocycles. The highest BCUT2D eigenvalue weighted by Crippen LogP contribution is 2.29. The summed E-state index contributed by atoms with van der Waals surface area (Å²) in [6.07, 6.45) is -2.80. The maximum absolute atomic E-state index is 12.9. The zero-order valence-electron chi connectivity index (χ0n) is 23.6. The van der Waals surface area contributed by atoms with Crippen molar-refractivity contribution in [3.8, 4) is 5.75 Å². The number of aromatic nitrogens is 3. The third kappa shape index (κ3) is 8.16. The number of carbonyl (C=O) groups is 2. The van der Waals surface area contributed by atoms with Gasteiger partial charge in [-0.3, -0.25) is 20.5 Å². The number of hydrogen-bond acceptors (Lipinski definition) is 9. The molecule has 15 heteroatoms. The average Bonchev–Trinajstić information content (AvgIpc) is 3.44. The van der Waals surface area contributed by atoms with Crippen LogP contribution in [0.3, 0.4) is 0 Å². The molecule has 1 aliphatic rings. The van der Waals surface area contributed by atoms with Gasteiger partial charge in [0.1, 0.15) is 36.8 Å². The van der Waals surface area contributed by atoms with Gasteiger partial charge in [0.05, 0.1) is 18.8 Å². The number of hydrogen-bond donors (Lipinski definition) is 3. The van der Waals surface area contributed by atoms with Gasteiger partial charge in [0, 0.05) is 33.7 Å². The van der Waals surface area contributed by atoms with Crippen molar-refractivity contribution in [3.63, 3.8) is 0 Å². The number of nitrogens with zero attached hydrogens (tertiary/aromatic N) is 6. The lowest BCUT2D eigenvalue weighted by molar-refractivity contribution is -0.110. The molecule has 4 rings (SSSR count). The van der Waals surface area contributed by atoms with Gasteiger partial charge in [-0.25, -0.2) is 9.67 Å². The molecule has 1 atom stereocenters. The van der Waals surface area contributed by atoms with E-state index in [9.17, 15) is 22.8 Å². The first kappa shape index (κ1) is 31.2. The number of rotatable bonds is 11. The zero-order chi connectivity index (χ0) is 31.1. The number of amidine groups is 2. The van der Waals surface area contributed by atoms with E-state index in [1.54, 1.807) is 31.1 Å². The second-order valence-corrected chi connectivity index (χ2v) is 10.1. The Bertz CT molecular complexity index is 1460. The minimum Gasteiger partial charge on any atom is -0.489 e. The first-order valence-corrected chi connectivity index (χ1v) is 13.3. The fraction of sp³-hybridized carbons (Fsp3) is 0.357. The van der Waals surface area contributed by atoms with Gasteiger partial charge in [-0.15, -0.1) is 5.10 Å². The van der Waals surface area contributed by atoms with Gasteiger partial charge in [0.15, 0.2) is 0 Å². The average molecular weight is 600 g/mol. The first-order chi connectivity index (χ1) is 20.4. The highest BCUT2D eigenvalue weighted by Gasteiger charge is 2.41. The number of halogens is 3. The molecule has 3 N–H and O–H groups in total. The molecule has 0 unspecified atom stereocenters. The van der Waals surface area contributed by atoms with E-state index in [2.05, 4.69) is 15.4 Å². The third-order valence-electron chi connectivity index (χ3n) is 6.61. The smallest absolute Gasteiger partial charge is 0.449 e. The molecule has 1 amide bonds.